The van der Waals surface area contributed by atoms with E-state index < -0.39 is 31.0 Å². The summed E-state index contributed by atoms with van der Waals surface area (Å²) in [7, 11) is 1.53. The van der Waals surface area contributed by atoms with Crippen molar-refractivity contribution in [3.8, 4) is 5.75 Å². The number of hydrogen-bond acceptors (Lipinski definition) is 4. The molecule has 21 heavy (non-hydrogen) atoms. The number of carboxylic acid groups (broad SMARTS) is 1. The number of carbonyl (C=O) groups is 3. The maximum Gasteiger partial charge on any atom is 0.323 e. The molecule has 8 nitrogen and oxygen atoms in total. The Kier molecular flexibility index (Phi) is 5.99. The quantitative estimate of drug-likeness (QED) is 0.641. The average Bonchev–Trinajstić information content (AvgIpc) is 2.43. The van der Waals surface area contributed by atoms with Gasteiger partial charge in [0.2, 0.25) is 5.91 Å². The number of nitrogens with one attached hydrogen (secondary N) is 1. The lowest BCUT2D eigenvalue weighted by Gasteiger charge is -2.19. The van der Waals surface area contributed by atoms with Crippen molar-refractivity contribution in [1.29, 1.82) is 0 Å². The summed E-state index contributed by atoms with van der Waals surface area (Å²) < 4.78 is 5.05. The highest BCUT2D eigenvalue weighted by Gasteiger charge is 2.18. The highest BCUT2D eigenvalue weighted by molar-refractivity contribution is 5.85. The summed E-state index contributed by atoms with van der Waals surface area (Å²) in [6.07, 6.45) is 0. The number of rotatable bonds is 7. The highest BCUT2D eigenvalue weighted by Crippen LogP contribution is 2.12. The van der Waals surface area contributed by atoms with Crippen LogP contribution in [0.5, 0.6) is 5.75 Å². The minimum absolute atomic E-state index is 0.172. The fourth-order valence-electron chi connectivity index (χ4n) is 1.62. The van der Waals surface area contributed by atoms with E-state index in [1.54, 1.807) is 24.3 Å². The van der Waals surface area contributed by atoms with Gasteiger partial charge in [0.05, 0.1) is 7.11 Å². The second-order valence-corrected chi connectivity index (χ2v) is 4.23. The smallest absolute Gasteiger partial charge is 0.323 e. The van der Waals surface area contributed by atoms with Gasteiger partial charge in [-0.15, -0.1) is 0 Å². The third-order valence-corrected chi connectivity index (χ3v) is 2.54. The third kappa shape index (κ3) is 5.81. The molecule has 0 spiro atoms. The summed E-state index contributed by atoms with van der Waals surface area (Å²) in [6, 6.07) is 6.35. The first-order valence-electron chi connectivity index (χ1n) is 6.08. The van der Waals surface area contributed by atoms with Gasteiger partial charge in [0.25, 0.3) is 0 Å². The Morgan fingerprint density at radius 3 is 2.62 bits per heavy atom. The second-order valence-electron chi connectivity index (χ2n) is 4.23. The van der Waals surface area contributed by atoms with E-state index in [0.717, 1.165) is 10.5 Å². The van der Waals surface area contributed by atoms with Gasteiger partial charge in [0, 0.05) is 6.54 Å². The number of carbonyl (C=O) groups excluding carboxylic acids is 2. The zero-order chi connectivity index (χ0) is 15.8. The molecule has 1 rings (SSSR count). The molecule has 1 aromatic carbocycles. The standard InChI is InChI=1S/C13H17N3O5/c1-21-10-4-2-3-9(5-10)6-15-13(20)16(7-11(14)17)8-12(18)19/h2-5H,6-8H2,1H3,(H2,14,17)(H,15,20)(H,18,19). The van der Waals surface area contributed by atoms with Crippen LogP contribution in [0.15, 0.2) is 24.3 Å². The number of benzene rings is 1. The number of aliphatic carboxylic acids is 1. The van der Waals surface area contributed by atoms with Crippen LogP contribution in [-0.2, 0) is 16.1 Å². The first-order valence-corrected chi connectivity index (χ1v) is 6.08. The van der Waals surface area contributed by atoms with Crippen molar-refractivity contribution in [2.24, 2.45) is 5.73 Å². The van der Waals surface area contributed by atoms with Crippen LogP contribution in [0.3, 0.4) is 0 Å². The van der Waals surface area contributed by atoms with Gasteiger partial charge in [-0.2, -0.15) is 0 Å². The van der Waals surface area contributed by atoms with E-state index in [9.17, 15) is 14.4 Å². The summed E-state index contributed by atoms with van der Waals surface area (Å²) in [6.45, 7) is -0.895. The molecular formula is C13H17N3O5. The Hall–Kier alpha value is -2.77. The molecule has 0 aliphatic rings. The van der Waals surface area contributed by atoms with Crippen molar-refractivity contribution in [2.75, 3.05) is 20.2 Å². The molecule has 0 aliphatic heterocycles. The minimum atomic E-state index is -1.23. The van der Waals surface area contributed by atoms with Gasteiger partial charge in [0.15, 0.2) is 0 Å². The van der Waals surface area contributed by atoms with Crippen LogP contribution in [0.4, 0.5) is 4.79 Å². The van der Waals surface area contributed by atoms with Crippen molar-refractivity contribution >= 4 is 17.9 Å². The van der Waals surface area contributed by atoms with E-state index in [1.807, 2.05) is 0 Å². The summed E-state index contributed by atoms with van der Waals surface area (Å²) in [5.41, 5.74) is 5.76. The van der Waals surface area contributed by atoms with E-state index in [1.165, 1.54) is 7.11 Å². The van der Waals surface area contributed by atoms with Crippen LogP contribution >= 0.6 is 0 Å². The number of nitrogens with zero attached hydrogens (tertiary/aromatic N) is 1. The van der Waals surface area contributed by atoms with E-state index in [4.69, 9.17) is 15.6 Å². The average molecular weight is 295 g/mol. The van der Waals surface area contributed by atoms with E-state index in [0.29, 0.717) is 5.75 Å². The molecule has 0 aliphatic carbocycles. The largest absolute Gasteiger partial charge is 0.497 e. The molecule has 0 radical (unpaired) electrons. The van der Waals surface area contributed by atoms with Crippen molar-refractivity contribution in [3.05, 3.63) is 29.8 Å². The van der Waals surface area contributed by atoms with Gasteiger partial charge in [-0.1, -0.05) is 12.1 Å². The van der Waals surface area contributed by atoms with Crippen LogP contribution < -0.4 is 15.8 Å². The van der Waals surface area contributed by atoms with Gasteiger partial charge >= 0.3 is 12.0 Å². The number of hydrogen-bond donors (Lipinski definition) is 3. The van der Waals surface area contributed by atoms with Crippen molar-refractivity contribution < 1.29 is 24.2 Å². The molecule has 114 valence electrons. The lowest BCUT2D eigenvalue weighted by Crippen LogP contribution is -2.46. The minimum Gasteiger partial charge on any atom is -0.497 e. The summed E-state index contributed by atoms with van der Waals surface area (Å²) >= 11 is 0. The predicted octanol–water partition coefficient (Wildman–Crippen LogP) is -0.223. The molecule has 3 amide bonds. The molecule has 0 heterocycles. The molecule has 0 aromatic heterocycles. The number of carboxylic acids is 1. The second kappa shape index (κ2) is 7.73. The van der Waals surface area contributed by atoms with E-state index in [2.05, 4.69) is 5.32 Å². The SMILES string of the molecule is COc1cccc(CNC(=O)N(CC(N)=O)CC(=O)O)c1. The maximum absolute atomic E-state index is 11.9. The molecule has 0 saturated heterocycles. The van der Waals surface area contributed by atoms with Crippen molar-refractivity contribution in [3.63, 3.8) is 0 Å². The topological polar surface area (TPSA) is 122 Å². The number of ether oxygens (including phenoxy) is 1. The number of primary amides is 1. The van der Waals surface area contributed by atoms with E-state index in [-0.39, 0.29) is 6.54 Å². The lowest BCUT2D eigenvalue weighted by molar-refractivity contribution is -0.137. The summed E-state index contributed by atoms with van der Waals surface area (Å²) in [4.78, 5) is 34.2. The number of nitrogens with two attached hydrogens (primary N) is 1. The van der Waals surface area contributed by atoms with Crippen molar-refractivity contribution in [1.82, 2.24) is 10.2 Å². The Balaban J connectivity index is 2.63. The molecule has 0 bridgehead atoms. The Morgan fingerprint density at radius 2 is 2.05 bits per heavy atom. The highest BCUT2D eigenvalue weighted by atomic mass is 16.5. The van der Waals surface area contributed by atoms with Gasteiger partial charge in [-0.3, -0.25) is 9.59 Å². The Bertz CT molecular complexity index is 516. The molecule has 0 saturated carbocycles. The fourth-order valence-corrected chi connectivity index (χ4v) is 1.62. The molecule has 4 N–H and O–H groups in total. The van der Waals surface area contributed by atoms with Crippen LogP contribution in [-0.4, -0.2) is 48.1 Å². The molecule has 8 heteroatoms. The maximum atomic E-state index is 11.9. The van der Waals surface area contributed by atoms with Gasteiger partial charge in [-0.05, 0) is 17.7 Å². The number of amides is 3. The monoisotopic (exact) mass is 295 g/mol. The molecule has 1 aromatic rings. The third-order valence-electron chi connectivity index (χ3n) is 2.54. The van der Waals surface area contributed by atoms with Gasteiger partial charge in [-0.25, -0.2) is 4.79 Å². The molecule has 0 unspecified atom stereocenters. The normalized spacial score (nSPS) is 9.76. The summed E-state index contributed by atoms with van der Waals surface area (Å²) in [5, 5.41) is 11.2. The van der Waals surface area contributed by atoms with Crippen LogP contribution in [0.25, 0.3) is 0 Å². The van der Waals surface area contributed by atoms with Crippen molar-refractivity contribution in [2.45, 2.75) is 6.54 Å². The van der Waals surface area contributed by atoms with Gasteiger partial charge in [0.1, 0.15) is 18.8 Å². The number of methoxy groups -OCH3 is 1. The zero-order valence-corrected chi connectivity index (χ0v) is 11.5. The molecular weight excluding hydrogens is 278 g/mol. The first-order chi connectivity index (χ1) is 9.92. The van der Waals surface area contributed by atoms with Crippen LogP contribution in [0.2, 0.25) is 0 Å². The molecule has 0 fully saturated rings. The van der Waals surface area contributed by atoms with E-state index >= 15 is 0 Å². The Morgan fingerprint density at radius 1 is 1.33 bits per heavy atom. The van der Waals surface area contributed by atoms with Crippen LogP contribution in [0, 0.1) is 0 Å². The lowest BCUT2D eigenvalue weighted by atomic mass is 10.2. The fraction of sp³-hybridized carbons (Fsp3) is 0.308. The van der Waals surface area contributed by atoms with Crippen LogP contribution in [0.1, 0.15) is 5.56 Å². The summed E-state index contributed by atoms with van der Waals surface area (Å²) in [5.74, 6) is -1.37. The zero-order valence-electron chi connectivity index (χ0n) is 11.5. The molecule has 0 atom stereocenters. The number of urea groups is 1. The Labute approximate surface area is 121 Å². The first kappa shape index (κ1) is 16.3. The van der Waals surface area contributed by atoms with Gasteiger partial charge < -0.3 is 25.8 Å². The predicted molar refractivity (Wildman–Crippen MR) is 73.6 cm³/mol.